The number of rotatable bonds is 1. The summed E-state index contributed by atoms with van der Waals surface area (Å²) in [5.74, 6) is 0. The maximum atomic E-state index is 5.50. The molecule has 0 heterocycles. The fraction of sp³-hybridized carbons (Fsp3) is 0.400. The lowest BCUT2D eigenvalue weighted by molar-refractivity contribution is 0.999. The molecule has 2 N–H and O–H groups in total. The molecular weight excluding hydrogens is 88.1 g/mol. The van der Waals surface area contributed by atoms with Gasteiger partial charge in [-0.15, -0.1) is 0 Å². The molecule has 0 fully saturated rings. The van der Waals surface area contributed by atoms with Crippen LogP contribution in [0.1, 0.15) is 6.92 Å². The van der Waals surface area contributed by atoms with Crippen LogP contribution in [-0.2, 0) is 0 Å². The van der Waals surface area contributed by atoms with Crippen LogP contribution in [0.4, 0.5) is 0 Å². The van der Waals surface area contributed by atoms with Gasteiger partial charge in [-0.05, 0) is 19.3 Å². The molecule has 0 radical (unpaired) electrons. The third-order valence-electron chi connectivity index (χ3n) is 0.427. The van der Waals surface area contributed by atoms with E-state index in [9.17, 15) is 0 Å². The third kappa shape index (κ3) is 36.7. The molecule has 2 heteroatoms. The van der Waals surface area contributed by atoms with Crippen LogP contribution in [-0.4, -0.2) is 13.8 Å². The number of hydrogen-bond donors (Lipinski definition) is 2. The van der Waals surface area contributed by atoms with Crippen LogP contribution in [0, 0.1) is 5.41 Å². The summed E-state index contributed by atoms with van der Waals surface area (Å²) < 4.78 is 0. The van der Waals surface area contributed by atoms with Crippen molar-refractivity contribution >= 4 is 6.72 Å². The smallest absolute Gasteiger partial charge is 0.00299 e. The van der Waals surface area contributed by atoms with Crippen LogP contribution in [0.15, 0.2) is 12.3 Å². The van der Waals surface area contributed by atoms with Gasteiger partial charge in [0.15, 0.2) is 0 Å². The van der Waals surface area contributed by atoms with Gasteiger partial charge in [0.2, 0.25) is 0 Å². The maximum Gasteiger partial charge on any atom is 0.00299 e. The van der Waals surface area contributed by atoms with Crippen molar-refractivity contribution in [2.45, 2.75) is 6.92 Å². The number of hydrogen-bond acceptors (Lipinski definition) is 2. The van der Waals surface area contributed by atoms with Crippen molar-refractivity contribution in [2.24, 2.45) is 0 Å². The van der Waals surface area contributed by atoms with E-state index in [-0.39, 0.29) is 0 Å². The Labute approximate surface area is 44.8 Å². The number of nitrogens with one attached hydrogen (secondary N) is 2. The maximum absolute atomic E-state index is 5.50. The summed E-state index contributed by atoms with van der Waals surface area (Å²) in [6, 6.07) is 0. The van der Waals surface area contributed by atoms with Crippen molar-refractivity contribution in [3.63, 3.8) is 0 Å². The monoisotopic (exact) mass is 100 g/mol. The second kappa shape index (κ2) is 8.96. The van der Waals surface area contributed by atoms with E-state index in [1.54, 1.807) is 0 Å². The van der Waals surface area contributed by atoms with Gasteiger partial charge >= 0.3 is 0 Å². The Hall–Kier alpha value is -0.790. The first kappa shape index (κ1) is 9.51. The van der Waals surface area contributed by atoms with Gasteiger partial charge in [0.1, 0.15) is 0 Å². The average Bonchev–Trinajstić information content (AvgIpc) is 1.73. The Kier molecular flexibility index (Phi) is 12.2. The zero-order valence-corrected chi connectivity index (χ0v) is 4.91. The van der Waals surface area contributed by atoms with Crippen LogP contribution in [0.5, 0.6) is 0 Å². The summed E-state index contributed by atoms with van der Waals surface area (Å²) in [6.07, 6.45) is 0. The van der Waals surface area contributed by atoms with E-state index in [0.29, 0.717) is 0 Å². The summed E-state index contributed by atoms with van der Waals surface area (Å²) in [4.78, 5) is 0. The predicted octanol–water partition coefficient (Wildman–Crippen LogP) is 1.01. The first-order valence-corrected chi connectivity index (χ1v) is 1.96. The van der Waals surface area contributed by atoms with E-state index in [2.05, 4.69) is 18.6 Å². The molecule has 42 valence electrons. The van der Waals surface area contributed by atoms with Crippen molar-refractivity contribution in [3.05, 3.63) is 12.3 Å². The Morgan fingerprint density at radius 2 is 1.71 bits per heavy atom. The second-order valence-corrected chi connectivity index (χ2v) is 1.03. The van der Waals surface area contributed by atoms with Gasteiger partial charge in [-0.3, -0.25) is 0 Å². The average molecular weight is 100 g/mol. The Morgan fingerprint density at radius 1 is 1.57 bits per heavy atom. The molecule has 0 aromatic heterocycles. The van der Waals surface area contributed by atoms with Crippen LogP contribution >= 0.6 is 0 Å². The first-order valence-electron chi connectivity index (χ1n) is 1.96. The molecule has 0 aliphatic rings. The molecule has 0 spiro atoms. The van der Waals surface area contributed by atoms with Crippen molar-refractivity contribution < 1.29 is 0 Å². The fourth-order valence-corrected chi connectivity index (χ4v) is 0. The molecule has 0 aromatic rings. The first-order chi connectivity index (χ1) is 3.27. The van der Waals surface area contributed by atoms with Crippen LogP contribution in [0.2, 0.25) is 0 Å². The summed E-state index contributed by atoms with van der Waals surface area (Å²) in [6.45, 7) is 7.98. The minimum Gasteiger partial charge on any atom is -0.392 e. The molecule has 0 saturated heterocycles. The van der Waals surface area contributed by atoms with Crippen molar-refractivity contribution in [1.82, 2.24) is 5.32 Å². The van der Waals surface area contributed by atoms with Crippen molar-refractivity contribution in [3.8, 4) is 0 Å². The lowest BCUT2D eigenvalue weighted by Crippen LogP contribution is -1.98. The third-order valence-corrected chi connectivity index (χ3v) is 0.427. The van der Waals surface area contributed by atoms with Gasteiger partial charge in [0.05, 0.1) is 0 Å². The molecule has 0 atom stereocenters. The van der Waals surface area contributed by atoms with Gasteiger partial charge in [0, 0.05) is 7.05 Å². The summed E-state index contributed by atoms with van der Waals surface area (Å²) in [7, 11) is 1.85. The van der Waals surface area contributed by atoms with Gasteiger partial charge in [-0.25, -0.2) is 0 Å². The van der Waals surface area contributed by atoms with Crippen LogP contribution in [0.25, 0.3) is 0 Å². The highest BCUT2D eigenvalue weighted by Crippen LogP contribution is 1.68. The molecule has 0 aliphatic heterocycles. The van der Waals surface area contributed by atoms with E-state index in [1.165, 1.54) is 0 Å². The minimum absolute atomic E-state index is 1.00. The highest BCUT2D eigenvalue weighted by atomic mass is 14.8. The van der Waals surface area contributed by atoms with Gasteiger partial charge < -0.3 is 10.7 Å². The molecule has 0 aromatic carbocycles. The van der Waals surface area contributed by atoms with Gasteiger partial charge in [-0.1, -0.05) is 6.58 Å². The largest absolute Gasteiger partial charge is 0.392 e. The molecule has 2 nitrogen and oxygen atoms in total. The highest BCUT2D eigenvalue weighted by Gasteiger charge is 1.62. The zero-order valence-electron chi connectivity index (χ0n) is 4.91. The zero-order chi connectivity index (χ0) is 6.28. The fourth-order valence-electron chi connectivity index (χ4n) is 0. The summed E-state index contributed by atoms with van der Waals surface area (Å²) >= 11 is 0. The lowest BCUT2D eigenvalue weighted by Gasteiger charge is -1.87. The van der Waals surface area contributed by atoms with E-state index in [4.69, 9.17) is 5.41 Å². The molecule has 0 bridgehead atoms. The molecule has 0 unspecified atom stereocenters. The van der Waals surface area contributed by atoms with Crippen molar-refractivity contribution in [1.29, 1.82) is 5.41 Å². The molecule has 7 heavy (non-hydrogen) atoms. The Morgan fingerprint density at radius 3 is 1.71 bits per heavy atom. The summed E-state index contributed by atoms with van der Waals surface area (Å²) in [5.41, 5.74) is 1.00. The standard InChI is InChI=1S/C4H9N.CH3N/c1-4(2)5-3;1-2/h5H,1H2,2-3H3;2H,1H2. The van der Waals surface area contributed by atoms with E-state index < -0.39 is 0 Å². The predicted molar refractivity (Wildman–Crippen MR) is 33.7 cm³/mol. The lowest BCUT2D eigenvalue weighted by atomic mass is 10.6. The quantitative estimate of drug-likeness (QED) is 0.474. The van der Waals surface area contributed by atoms with E-state index in [1.807, 2.05) is 14.0 Å². The number of allylic oxidation sites excluding steroid dienone is 1. The molecule has 0 rings (SSSR count). The van der Waals surface area contributed by atoms with Gasteiger partial charge in [0.25, 0.3) is 0 Å². The SMILES string of the molecule is C=C(C)NC.C=N. The molecule has 0 aliphatic carbocycles. The second-order valence-electron chi connectivity index (χ2n) is 1.03. The molecule has 0 amide bonds. The molecular formula is C5H12N2. The van der Waals surface area contributed by atoms with Crippen LogP contribution in [0.3, 0.4) is 0 Å². The van der Waals surface area contributed by atoms with E-state index >= 15 is 0 Å². The van der Waals surface area contributed by atoms with Crippen molar-refractivity contribution in [2.75, 3.05) is 7.05 Å². The van der Waals surface area contributed by atoms with Crippen LogP contribution < -0.4 is 5.32 Å². The summed E-state index contributed by atoms with van der Waals surface area (Å²) in [5, 5.41) is 8.33. The van der Waals surface area contributed by atoms with E-state index in [0.717, 1.165) is 5.70 Å². The topological polar surface area (TPSA) is 35.9 Å². The Bertz CT molecular complexity index is 50.0. The van der Waals surface area contributed by atoms with Gasteiger partial charge in [-0.2, -0.15) is 0 Å². The Balaban J connectivity index is 0. The highest BCUT2D eigenvalue weighted by molar-refractivity contribution is 5.15. The minimum atomic E-state index is 1.00. The molecule has 0 saturated carbocycles. The normalized spacial score (nSPS) is 5.43.